The van der Waals surface area contributed by atoms with Crippen molar-refractivity contribution in [3.63, 3.8) is 0 Å². The number of nitrogens with zero attached hydrogens (tertiary/aromatic N) is 2. The highest BCUT2D eigenvalue weighted by atomic mass is 16.2. The van der Waals surface area contributed by atoms with E-state index < -0.39 is 0 Å². The molecule has 1 N–H and O–H groups in total. The molecule has 0 unspecified atom stereocenters. The monoisotopic (exact) mass is 305 g/mol. The Bertz CT molecular complexity index is 872. The molecule has 3 rings (SSSR count). The Labute approximate surface area is 135 Å². The first kappa shape index (κ1) is 15.0. The minimum Gasteiger partial charge on any atom is -0.354 e. The van der Waals surface area contributed by atoms with E-state index in [9.17, 15) is 4.79 Å². The molecule has 1 aromatic heterocycles. The molecule has 1 heterocycles. The summed E-state index contributed by atoms with van der Waals surface area (Å²) in [6, 6.07) is 18.1. The van der Waals surface area contributed by atoms with Crippen molar-refractivity contribution < 1.29 is 4.79 Å². The number of fused-ring (bicyclic) bond motifs is 1. The Balaban J connectivity index is 1.77. The van der Waals surface area contributed by atoms with Gasteiger partial charge < -0.3 is 4.57 Å². The van der Waals surface area contributed by atoms with Crippen LogP contribution in [0.2, 0.25) is 0 Å². The zero-order chi connectivity index (χ0) is 16.2. The smallest absolute Gasteiger partial charge is 0.246 e. The fourth-order valence-electron chi connectivity index (χ4n) is 2.63. The highest BCUT2D eigenvalue weighted by Gasteiger charge is 2.07. The van der Waals surface area contributed by atoms with Gasteiger partial charge in [-0.1, -0.05) is 42.5 Å². The van der Waals surface area contributed by atoms with Gasteiger partial charge in [0.2, 0.25) is 5.91 Å². The molecule has 0 fully saturated rings. The van der Waals surface area contributed by atoms with Gasteiger partial charge in [-0.3, -0.25) is 4.79 Å². The van der Waals surface area contributed by atoms with Crippen LogP contribution in [0.15, 0.2) is 65.9 Å². The van der Waals surface area contributed by atoms with Crippen LogP contribution >= 0.6 is 0 Å². The molecule has 0 aliphatic rings. The summed E-state index contributed by atoms with van der Waals surface area (Å²) in [4.78, 5) is 12.0. The quantitative estimate of drug-likeness (QED) is 0.583. The summed E-state index contributed by atoms with van der Waals surface area (Å²) in [7, 11) is 1.92. The second kappa shape index (κ2) is 6.48. The number of aryl methyl sites for hydroxylation is 1. The van der Waals surface area contributed by atoms with Gasteiger partial charge in [0, 0.05) is 24.5 Å². The summed E-state index contributed by atoms with van der Waals surface area (Å²) in [6.07, 6.45) is 2.24. The number of aromatic nitrogens is 1. The van der Waals surface area contributed by atoms with Crippen LogP contribution in [-0.2, 0) is 18.3 Å². The molecule has 116 valence electrons. The van der Waals surface area contributed by atoms with Crippen LogP contribution in [0.1, 0.15) is 18.2 Å². The first-order chi connectivity index (χ1) is 11.1. The second-order valence-electron chi connectivity index (χ2n) is 5.55. The molecule has 3 aromatic rings. The Morgan fingerprint density at radius 1 is 1.09 bits per heavy atom. The largest absolute Gasteiger partial charge is 0.354 e. The van der Waals surface area contributed by atoms with Gasteiger partial charge in [0.05, 0.1) is 12.1 Å². The Morgan fingerprint density at radius 2 is 1.87 bits per heavy atom. The summed E-state index contributed by atoms with van der Waals surface area (Å²) in [5, 5.41) is 6.56. The van der Waals surface area contributed by atoms with Crippen molar-refractivity contribution in [2.75, 3.05) is 0 Å². The first-order valence-electron chi connectivity index (χ1n) is 7.56. The molecule has 0 atom stereocenters. The molecule has 23 heavy (non-hydrogen) atoms. The fourth-order valence-corrected chi connectivity index (χ4v) is 2.63. The third-order valence-electron chi connectivity index (χ3n) is 3.92. The number of hydrazone groups is 1. The standard InChI is InChI=1S/C19H19N3O/c1-14(17-11-5-8-15-7-3-4-10-18(15)17)20-21-19(23)13-16-9-6-12-22(16)2/h3-12H,13H2,1-2H3,(H,21,23)/b20-14-. The molecular weight excluding hydrogens is 286 g/mol. The summed E-state index contributed by atoms with van der Waals surface area (Å²) in [5.74, 6) is -0.119. The number of carbonyl (C=O) groups excluding carboxylic acids is 1. The topological polar surface area (TPSA) is 46.4 Å². The highest BCUT2D eigenvalue weighted by Crippen LogP contribution is 2.19. The van der Waals surface area contributed by atoms with Crippen molar-refractivity contribution in [3.8, 4) is 0 Å². The van der Waals surface area contributed by atoms with E-state index in [0.717, 1.165) is 27.7 Å². The van der Waals surface area contributed by atoms with Crippen molar-refractivity contribution in [2.24, 2.45) is 12.1 Å². The van der Waals surface area contributed by atoms with Crippen molar-refractivity contribution in [1.29, 1.82) is 0 Å². The number of benzene rings is 2. The number of amides is 1. The van der Waals surface area contributed by atoms with Crippen molar-refractivity contribution in [2.45, 2.75) is 13.3 Å². The molecule has 0 bridgehead atoms. The Morgan fingerprint density at radius 3 is 2.65 bits per heavy atom. The van der Waals surface area contributed by atoms with Crippen LogP contribution in [0.5, 0.6) is 0 Å². The van der Waals surface area contributed by atoms with E-state index >= 15 is 0 Å². The third kappa shape index (κ3) is 3.31. The van der Waals surface area contributed by atoms with Gasteiger partial charge in [0.1, 0.15) is 0 Å². The van der Waals surface area contributed by atoms with E-state index in [1.807, 2.05) is 61.1 Å². The molecular formula is C19H19N3O. The number of hydrogen-bond donors (Lipinski definition) is 1. The van der Waals surface area contributed by atoms with E-state index in [4.69, 9.17) is 0 Å². The van der Waals surface area contributed by atoms with Crippen molar-refractivity contribution in [1.82, 2.24) is 9.99 Å². The molecule has 0 saturated heterocycles. The van der Waals surface area contributed by atoms with E-state index in [0.29, 0.717) is 6.42 Å². The van der Waals surface area contributed by atoms with Crippen molar-refractivity contribution in [3.05, 3.63) is 72.1 Å². The van der Waals surface area contributed by atoms with E-state index in [2.05, 4.69) is 28.7 Å². The van der Waals surface area contributed by atoms with Gasteiger partial charge in [0.15, 0.2) is 0 Å². The maximum absolute atomic E-state index is 12.0. The van der Waals surface area contributed by atoms with Crippen LogP contribution in [-0.4, -0.2) is 16.2 Å². The van der Waals surface area contributed by atoms with Gasteiger partial charge in [-0.25, -0.2) is 5.43 Å². The average Bonchev–Trinajstić information content (AvgIpc) is 2.97. The van der Waals surface area contributed by atoms with Crippen LogP contribution in [0.25, 0.3) is 10.8 Å². The lowest BCUT2D eigenvalue weighted by Gasteiger charge is -2.07. The average molecular weight is 305 g/mol. The third-order valence-corrected chi connectivity index (χ3v) is 3.92. The van der Waals surface area contributed by atoms with Gasteiger partial charge in [-0.15, -0.1) is 0 Å². The minimum atomic E-state index is -0.119. The lowest BCUT2D eigenvalue weighted by Crippen LogP contribution is -2.22. The predicted molar refractivity (Wildman–Crippen MR) is 93.4 cm³/mol. The number of rotatable bonds is 4. The number of hydrogen-bond acceptors (Lipinski definition) is 2. The zero-order valence-electron chi connectivity index (χ0n) is 13.3. The Kier molecular flexibility index (Phi) is 4.24. The maximum atomic E-state index is 12.0. The molecule has 0 aliphatic heterocycles. The van der Waals surface area contributed by atoms with Crippen LogP contribution < -0.4 is 5.43 Å². The van der Waals surface area contributed by atoms with Crippen LogP contribution in [0.4, 0.5) is 0 Å². The van der Waals surface area contributed by atoms with Gasteiger partial charge >= 0.3 is 0 Å². The minimum absolute atomic E-state index is 0.119. The maximum Gasteiger partial charge on any atom is 0.246 e. The van der Waals surface area contributed by atoms with E-state index in [-0.39, 0.29) is 5.91 Å². The molecule has 0 radical (unpaired) electrons. The summed E-state index contributed by atoms with van der Waals surface area (Å²) in [6.45, 7) is 1.91. The number of carbonyl (C=O) groups is 1. The van der Waals surface area contributed by atoms with E-state index in [1.165, 1.54) is 0 Å². The summed E-state index contributed by atoms with van der Waals surface area (Å²) in [5.41, 5.74) is 5.43. The summed E-state index contributed by atoms with van der Waals surface area (Å²) < 4.78 is 1.93. The van der Waals surface area contributed by atoms with Gasteiger partial charge in [-0.2, -0.15) is 5.10 Å². The molecule has 4 heteroatoms. The molecule has 0 aliphatic carbocycles. The lowest BCUT2D eigenvalue weighted by molar-refractivity contribution is -0.120. The fraction of sp³-hybridized carbons (Fsp3) is 0.158. The van der Waals surface area contributed by atoms with Crippen LogP contribution in [0.3, 0.4) is 0 Å². The second-order valence-corrected chi connectivity index (χ2v) is 5.55. The summed E-state index contributed by atoms with van der Waals surface area (Å²) >= 11 is 0. The first-order valence-corrected chi connectivity index (χ1v) is 7.56. The molecule has 1 amide bonds. The Hall–Kier alpha value is -2.88. The number of nitrogens with one attached hydrogen (secondary N) is 1. The van der Waals surface area contributed by atoms with Gasteiger partial charge in [-0.05, 0) is 29.8 Å². The molecule has 0 spiro atoms. The van der Waals surface area contributed by atoms with Crippen molar-refractivity contribution >= 4 is 22.4 Å². The molecule has 0 saturated carbocycles. The SMILES string of the molecule is C/C(=N/NC(=O)Cc1cccn1C)c1cccc2ccccc12. The van der Waals surface area contributed by atoms with E-state index in [1.54, 1.807) is 0 Å². The normalized spacial score (nSPS) is 11.7. The molecule has 4 nitrogen and oxygen atoms in total. The zero-order valence-corrected chi connectivity index (χ0v) is 13.3. The molecule has 2 aromatic carbocycles. The van der Waals surface area contributed by atoms with Gasteiger partial charge in [0.25, 0.3) is 0 Å². The predicted octanol–water partition coefficient (Wildman–Crippen LogP) is 3.26. The highest BCUT2D eigenvalue weighted by molar-refractivity contribution is 6.09. The lowest BCUT2D eigenvalue weighted by atomic mass is 10.0. The van der Waals surface area contributed by atoms with Crippen LogP contribution in [0, 0.1) is 0 Å².